The van der Waals surface area contributed by atoms with E-state index in [0.717, 1.165) is 5.56 Å². The Morgan fingerprint density at radius 2 is 2.20 bits per heavy atom. The van der Waals surface area contributed by atoms with Gasteiger partial charge in [-0.25, -0.2) is 0 Å². The second-order valence-electron chi connectivity index (χ2n) is 4.22. The molecule has 0 radical (unpaired) electrons. The van der Waals surface area contributed by atoms with Crippen molar-refractivity contribution in [2.45, 2.75) is 26.3 Å². The SMILES string of the molecule is CCOc1cc(CNCCCC(=O)O)cc(Cl)c1OC. The van der Waals surface area contributed by atoms with Crippen LogP contribution in [0.15, 0.2) is 12.1 Å². The molecule has 1 aromatic carbocycles. The first-order chi connectivity index (χ1) is 9.58. The Kier molecular flexibility index (Phi) is 7.18. The standard InChI is InChI=1S/C14H20ClNO4/c1-3-20-12-8-10(7-11(15)14(12)19-2)9-16-6-4-5-13(17)18/h7-8,16H,3-6,9H2,1-2H3,(H,17,18). The molecule has 0 bridgehead atoms. The highest BCUT2D eigenvalue weighted by molar-refractivity contribution is 6.32. The summed E-state index contributed by atoms with van der Waals surface area (Å²) in [6, 6.07) is 3.69. The summed E-state index contributed by atoms with van der Waals surface area (Å²) >= 11 is 6.14. The molecule has 1 aromatic rings. The third-order valence-electron chi connectivity index (χ3n) is 2.65. The monoisotopic (exact) mass is 301 g/mol. The van der Waals surface area contributed by atoms with Gasteiger partial charge in [0.05, 0.1) is 18.7 Å². The number of halogens is 1. The Bertz CT molecular complexity index is 451. The van der Waals surface area contributed by atoms with Crippen LogP contribution in [0.4, 0.5) is 0 Å². The van der Waals surface area contributed by atoms with Crippen LogP contribution < -0.4 is 14.8 Å². The molecule has 0 aliphatic carbocycles. The smallest absolute Gasteiger partial charge is 0.303 e. The number of nitrogens with one attached hydrogen (secondary N) is 1. The molecule has 2 N–H and O–H groups in total. The zero-order chi connectivity index (χ0) is 15.0. The maximum atomic E-state index is 10.4. The highest BCUT2D eigenvalue weighted by Crippen LogP contribution is 2.36. The first-order valence-corrected chi connectivity index (χ1v) is 6.88. The molecular formula is C14H20ClNO4. The highest BCUT2D eigenvalue weighted by atomic mass is 35.5. The highest BCUT2D eigenvalue weighted by Gasteiger charge is 2.11. The molecular weight excluding hydrogens is 282 g/mol. The number of methoxy groups -OCH3 is 1. The van der Waals surface area contributed by atoms with Crippen molar-refractivity contribution in [1.29, 1.82) is 0 Å². The summed E-state index contributed by atoms with van der Waals surface area (Å²) in [7, 11) is 1.55. The average Bonchev–Trinajstić information content (AvgIpc) is 2.38. The van der Waals surface area contributed by atoms with E-state index in [1.54, 1.807) is 7.11 Å². The molecule has 0 fully saturated rings. The molecule has 0 spiro atoms. The molecule has 112 valence electrons. The Labute approximate surface area is 123 Å². The predicted octanol–water partition coefficient (Wildman–Crippen LogP) is 2.70. The summed E-state index contributed by atoms with van der Waals surface area (Å²) in [6.07, 6.45) is 0.762. The third-order valence-corrected chi connectivity index (χ3v) is 2.93. The van der Waals surface area contributed by atoms with Crippen molar-refractivity contribution in [3.63, 3.8) is 0 Å². The van der Waals surface area contributed by atoms with Crippen LogP contribution in [0.5, 0.6) is 11.5 Å². The van der Waals surface area contributed by atoms with Gasteiger partial charge in [-0.3, -0.25) is 4.79 Å². The fourth-order valence-electron chi connectivity index (χ4n) is 1.78. The van der Waals surface area contributed by atoms with E-state index in [4.69, 9.17) is 26.2 Å². The van der Waals surface area contributed by atoms with E-state index < -0.39 is 5.97 Å². The number of carboxylic acids is 1. The van der Waals surface area contributed by atoms with Crippen molar-refractivity contribution in [2.75, 3.05) is 20.3 Å². The minimum Gasteiger partial charge on any atom is -0.491 e. The first-order valence-electron chi connectivity index (χ1n) is 6.50. The van der Waals surface area contributed by atoms with E-state index in [-0.39, 0.29) is 6.42 Å². The molecule has 0 saturated carbocycles. The van der Waals surface area contributed by atoms with Crippen molar-refractivity contribution in [3.05, 3.63) is 22.7 Å². The molecule has 0 amide bonds. The second kappa shape index (κ2) is 8.66. The second-order valence-corrected chi connectivity index (χ2v) is 4.62. The number of hydrogen-bond donors (Lipinski definition) is 2. The minimum absolute atomic E-state index is 0.167. The summed E-state index contributed by atoms with van der Waals surface area (Å²) in [5.74, 6) is 0.367. The largest absolute Gasteiger partial charge is 0.491 e. The number of carboxylic acid groups (broad SMARTS) is 1. The first kappa shape index (κ1) is 16.6. The van der Waals surface area contributed by atoms with E-state index in [1.165, 1.54) is 0 Å². The number of hydrogen-bond acceptors (Lipinski definition) is 4. The predicted molar refractivity (Wildman–Crippen MR) is 77.7 cm³/mol. The van der Waals surface area contributed by atoms with Crippen LogP contribution >= 0.6 is 11.6 Å². The Morgan fingerprint density at radius 1 is 1.45 bits per heavy atom. The van der Waals surface area contributed by atoms with Crippen LogP contribution in [-0.4, -0.2) is 31.3 Å². The normalized spacial score (nSPS) is 10.3. The van der Waals surface area contributed by atoms with E-state index in [0.29, 0.717) is 42.6 Å². The Balaban J connectivity index is 2.59. The molecule has 20 heavy (non-hydrogen) atoms. The maximum Gasteiger partial charge on any atom is 0.303 e. The number of carbonyl (C=O) groups is 1. The zero-order valence-electron chi connectivity index (χ0n) is 11.7. The molecule has 0 unspecified atom stereocenters. The van der Waals surface area contributed by atoms with E-state index in [9.17, 15) is 4.79 Å². The maximum absolute atomic E-state index is 10.4. The van der Waals surface area contributed by atoms with Gasteiger partial charge in [0.25, 0.3) is 0 Å². The van der Waals surface area contributed by atoms with Crippen LogP contribution in [0.25, 0.3) is 0 Å². The van der Waals surface area contributed by atoms with Crippen molar-refractivity contribution in [3.8, 4) is 11.5 Å². The molecule has 0 atom stereocenters. The fourth-order valence-corrected chi connectivity index (χ4v) is 2.09. The van der Waals surface area contributed by atoms with Crippen LogP contribution in [-0.2, 0) is 11.3 Å². The van der Waals surface area contributed by atoms with E-state index in [1.807, 2.05) is 19.1 Å². The lowest BCUT2D eigenvalue weighted by Crippen LogP contribution is -2.16. The molecule has 1 rings (SSSR count). The lowest BCUT2D eigenvalue weighted by Gasteiger charge is -2.13. The quantitative estimate of drug-likeness (QED) is 0.686. The van der Waals surface area contributed by atoms with Crippen molar-refractivity contribution in [1.82, 2.24) is 5.32 Å². The van der Waals surface area contributed by atoms with Crippen molar-refractivity contribution in [2.24, 2.45) is 0 Å². The topological polar surface area (TPSA) is 67.8 Å². The van der Waals surface area contributed by atoms with Gasteiger partial charge in [-0.15, -0.1) is 0 Å². The number of ether oxygens (including phenoxy) is 2. The van der Waals surface area contributed by atoms with Gasteiger partial charge in [0.2, 0.25) is 0 Å². The minimum atomic E-state index is -0.780. The molecule has 6 heteroatoms. The van der Waals surface area contributed by atoms with Crippen LogP contribution in [0.2, 0.25) is 5.02 Å². The zero-order valence-corrected chi connectivity index (χ0v) is 12.5. The molecule has 0 heterocycles. The third kappa shape index (κ3) is 5.27. The summed E-state index contributed by atoms with van der Waals surface area (Å²) in [6.45, 7) is 3.66. The van der Waals surface area contributed by atoms with Crippen LogP contribution in [0.3, 0.4) is 0 Å². The molecule has 0 aromatic heterocycles. The molecule has 0 aliphatic rings. The van der Waals surface area contributed by atoms with Gasteiger partial charge in [-0.1, -0.05) is 11.6 Å². The van der Waals surface area contributed by atoms with Gasteiger partial charge in [-0.2, -0.15) is 0 Å². The van der Waals surface area contributed by atoms with Gasteiger partial charge < -0.3 is 19.9 Å². The lowest BCUT2D eigenvalue weighted by atomic mass is 10.2. The summed E-state index contributed by atoms with van der Waals surface area (Å²) in [4.78, 5) is 10.4. The van der Waals surface area contributed by atoms with Gasteiger partial charge in [0.15, 0.2) is 11.5 Å². The summed E-state index contributed by atoms with van der Waals surface area (Å²) in [5, 5.41) is 12.2. The van der Waals surface area contributed by atoms with E-state index >= 15 is 0 Å². The Morgan fingerprint density at radius 3 is 2.80 bits per heavy atom. The average molecular weight is 302 g/mol. The molecule has 0 saturated heterocycles. The van der Waals surface area contributed by atoms with Gasteiger partial charge in [-0.05, 0) is 37.6 Å². The van der Waals surface area contributed by atoms with Gasteiger partial charge >= 0.3 is 5.97 Å². The summed E-state index contributed by atoms with van der Waals surface area (Å²) < 4.78 is 10.7. The molecule has 0 aliphatic heterocycles. The van der Waals surface area contributed by atoms with Crippen LogP contribution in [0, 0.1) is 0 Å². The lowest BCUT2D eigenvalue weighted by molar-refractivity contribution is -0.137. The van der Waals surface area contributed by atoms with Crippen molar-refractivity contribution < 1.29 is 19.4 Å². The fraction of sp³-hybridized carbons (Fsp3) is 0.500. The number of rotatable bonds is 9. The van der Waals surface area contributed by atoms with Crippen LogP contribution in [0.1, 0.15) is 25.3 Å². The van der Waals surface area contributed by atoms with Gasteiger partial charge in [0, 0.05) is 13.0 Å². The molecule has 5 nitrogen and oxygen atoms in total. The van der Waals surface area contributed by atoms with Crippen molar-refractivity contribution >= 4 is 17.6 Å². The van der Waals surface area contributed by atoms with Gasteiger partial charge in [0.1, 0.15) is 0 Å². The number of benzene rings is 1. The summed E-state index contributed by atoms with van der Waals surface area (Å²) in [5.41, 5.74) is 0.967. The number of aliphatic carboxylic acids is 1. The Hall–Kier alpha value is -1.46. The van der Waals surface area contributed by atoms with E-state index in [2.05, 4.69) is 5.32 Å².